The Morgan fingerprint density at radius 3 is 2.37 bits per heavy atom. The predicted octanol–water partition coefficient (Wildman–Crippen LogP) is 4.79. The molecule has 8 nitrogen and oxygen atoms in total. The first-order valence-electron chi connectivity index (χ1n) is 13.1. The first-order valence-corrected chi connectivity index (χ1v) is 13.1. The van der Waals surface area contributed by atoms with Crippen LogP contribution in [0.4, 0.5) is 0 Å². The van der Waals surface area contributed by atoms with Gasteiger partial charge in [0.2, 0.25) is 0 Å². The number of nitrogens with one attached hydrogen (secondary N) is 1. The largest absolute Gasteiger partial charge is 0.506 e. The molecule has 10 heteroatoms. The molecule has 2 saturated heterocycles. The molecule has 0 radical (unpaired) electrons. The molecule has 4 heterocycles. The van der Waals surface area contributed by atoms with E-state index in [4.69, 9.17) is 0 Å². The van der Waals surface area contributed by atoms with Crippen molar-refractivity contribution in [3.05, 3.63) is 51.4 Å². The van der Waals surface area contributed by atoms with Crippen molar-refractivity contribution in [3.8, 4) is 17.0 Å². The van der Waals surface area contributed by atoms with Crippen molar-refractivity contribution in [2.24, 2.45) is 7.05 Å². The quantitative estimate of drug-likeness (QED) is 0.397. The van der Waals surface area contributed by atoms with Crippen molar-refractivity contribution in [1.29, 1.82) is 0 Å². The van der Waals surface area contributed by atoms with Crippen molar-refractivity contribution in [2.45, 2.75) is 58.0 Å². The fourth-order valence-corrected chi connectivity index (χ4v) is 6.09. The van der Waals surface area contributed by atoms with E-state index in [1.54, 1.807) is 0 Å². The molecule has 2 aromatic heterocycles. The van der Waals surface area contributed by atoms with E-state index in [1.165, 1.54) is 50.9 Å². The lowest BCUT2D eigenvalue weighted by molar-refractivity contribution is 0.0691. The Balaban J connectivity index is 0.00000200. The van der Waals surface area contributed by atoms with Crippen LogP contribution in [0.5, 0.6) is 5.75 Å². The third kappa shape index (κ3) is 5.73. The SMILES string of the molecule is CCc1c(-c2ccc3c(c2)cc(CN2CCC(N4CCCCC4)CC2)n3C)[nH]c(=O)c(C(=O)O)c1O.Cl.Cl. The third-order valence-corrected chi connectivity index (χ3v) is 8.14. The molecule has 2 fully saturated rings. The maximum Gasteiger partial charge on any atom is 0.345 e. The number of hydrogen-bond donors (Lipinski definition) is 3. The Kier molecular flexibility index (Phi) is 9.92. The van der Waals surface area contributed by atoms with Crippen molar-refractivity contribution in [2.75, 3.05) is 26.2 Å². The molecule has 0 atom stereocenters. The van der Waals surface area contributed by atoms with Gasteiger partial charge < -0.3 is 24.7 Å². The minimum atomic E-state index is -1.43. The number of aromatic carboxylic acids is 1. The molecule has 5 rings (SSSR count). The van der Waals surface area contributed by atoms with Crippen LogP contribution in [0.1, 0.15) is 60.6 Å². The summed E-state index contributed by atoms with van der Waals surface area (Å²) in [7, 11) is 2.09. The van der Waals surface area contributed by atoms with E-state index in [0.717, 1.165) is 42.1 Å². The zero-order valence-corrected chi connectivity index (χ0v) is 23.7. The van der Waals surface area contributed by atoms with Crippen molar-refractivity contribution >= 4 is 41.7 Å². The van der Waals surface area contributed by atoms with Crippen LogP contribution < -0.4 is 5.56 Å². The number of pyridine rings is 1. The van der Waals surface area contributed by atoms with E-state index in [9.17, 15) is 19.8 Å². The monoisotopic (exact) mass is 564 g/mol. The number of nitrogens with zero attached hydrogens (tertiary/aromatic N) is 3. The number of aryl methyl sites for hydroxylation is 1. The van der Waals surface area contributed by atoms with Gasteiger partial charge >= 0.3 is 5.97 Å². The van der Waals surface area contributed by atoms with Crippen LogP contribution in [0.2, 0.25) is 0 Å². The number of aromatic amines is 1. The topological polar surface area (TPSA) is 102 Å². The van der Waals surface area contributed by atoms with Gasteiger partial charge in [0.1, 0.15) is 5.75 Å². The van der Waals surface area contributed by atoms with Gasteiger partial charge in [0, 0.05) is 54.9 Å². The second kappa shape index (κ2) is 12.6. The van der Waals surface area contributed by atoms with Crippen molar-refractivity contribution < 1.29 is 15.0 Å². The molecule has 208 valence electrons. The van der Waals surface area contributed by atoms with Gasteiger partial charge in [0.15, 0.2) is 5.56 Å². The summed E-state index contributed by atoms with van der Waals surface area (Å²) >= 11 is 0. The Morgan fingerprint density at radius 1 is 1.05 bits per heavy atom. The lowest BCUT2D eigenvalue weighted by Crippen LogP contribution is -2.46. The number of fused-ring (bicyclic) bond motifs is 1. The van der Waals surface area contributed by atoms with Gasteiger partial charge in [-0.1, -0.05) is 19.4 Å². The maximum atomic E-state index is 12.4. The first-order chi connectivity index (χ1) is 17.4. The first kappa shape index (κ1) is 30.0. The molecule has 0 saturated carbocycles. The van der Waals surface area contributed by atoms with Gasteiger partial charge in [-0.25, -0.2) is 4.79 Å². The average Bonchev–Trinajstić information content (AvgIpc) is 3.18. The predicted molar refractivity (Wildman–Crippen MR) is 155 cm³/mol. The molecule has 0 bridgehead atoms. The highest BCUT2D eigenvalue weighted by molar-refractivity contribution is 5.92. The van der Waals surface area contributed by atoms with E-state index in [0.29, 0.717) is 17.7 Å². The van der Waals surface area contributed by atoms with Crippen LogP contribution in [-0.4, -0.2) is 67.8 Å². The summed E-state index contributed by atoms with van der Waals surface area (Å²) in [5, 5.41) is 20.9. The average molecular weight is 566 g/mol. The normalized spacial score (nSPS) is 17.2. The summed E-state index contributed by atoms with van der Waals surface area (Å²) in [6.07, 6.45) is 6.92. The number of piperidine rings is 2. The maximum absolute atomic E-state index is 12.4. The minimum absolute atomic E-state index is 0. The number of rotatable bonds is 6. The Labute approximate surface area is 235 Å². The minimum Gasteiger partial charge on any atom is -0.506 e. The molecule has 3 aromatic rings. The molecular weight excluding hydrogens is 527 g/mol. The molecule has 38 heavy (non-hydrogen) atoms. The molecule has 0 spiro atoms. The molecule has 2 aliphatic rings. The highest BCUT2D eigenvalue weighted by Crippen LogP contribution is 2.32. The zero-order chi connectivity index (χ0) is 25.4. The van der Waals surface area contributed by atoms with E-state index in [-0.39, 0.29) is 24.8 Å². The number of likely N-dealkylation sites (tertiary alicyclic amines) is 2. The second-order valence-electron chi connectivity index (χ2n) is 10.3. The molecular formula is C28H38Cl2N4O4. The van der Waals surface area contributed by atoms with Gasteiger partial charge in [0.25, 0.3) is 5.56 Å². The van der Waals surface area contributed by atoms with Gasteiger partial charge in [0.05, 0.1) is 5.69 Å². The lowest BCUT2D eigenvalue weighted by Gasteiger charge is -2.40. The number of carboxylic acid groups (broad SMARTS) is 1. The second-order valence-corrected chi connectivity index (χ2v) is 10.3. The summed E-state index contributed by atoms with van der Waals surface area (Å²) in [6, 6.07) is 8.88. The van der Waals surface area contributed by atoms with Gasteiger partial charge in [-0.05, 0) is 69.0 Å². The summed E-state index contributed by atoms with van der Waals surface area (Å²) in [5.41, 5.74) is 2.59. The van der Waals surface area contributed by atoms with Gasteiger partial charge in [-0.3, -0.25) is 9.69 Å². The molecule has 0 amide bonds. The fraction of sp³-hybridized carbons (Fsp3) is 0.500. The third-order valence-electron chi connectivity index (χ3n) is 8.14. The number of halogens is 2. The summed E-state index contributed by atoms with van der Waals surface area (Å²) in [4.78, 5) is 31.8. The molecule has 3 N–H and O–H groups in total. The van der Waals surface area contributed by atoms with E-state index in [1.807, 2.05) is 25.1 Å². The number of benzene rings is 1. The van der Waals surface area contributed by atoms with Gasteiger partial charge in [-0.15, -0.1) is 24.8 Å². The van der Waals surface area contributed by atoms with Crippen LogP contribution in [-0.2, 0) is 20.0 Å². The molecule has 0 aliphatic carbocycles. The summed E-state index contributed by atoms with van der Waals surface area (Å²) < 4.78 is 2.23. The molecule has 2 aliphatic heterocycles. The van der Waals surface area contributed by atoms with Crippen LogP contribution in [0, 0.1) is 0 Å². The van der Waals surface area contributed by atoms with Gasteiger partial charge in [-0.2, -0.15) is 0 Å². The highest BCUT2D eigenvalue weighted by atomic mass is 35.5. The number of hydrogen-bond acceptors (Lipinski definition) is 5. The fourth-order valence-electron chi connectivity index (χ4n) is 6.09. The van der Waals surface area contributed by atoms with Crippen LogP contribution in [0.3, 0.4) is 0 Å². The highest BCUT2D eigenvalue weighted by Gasteiger charge is 2.26. The Morgan fingerprint density at radius 2 is 1.74 bits per heavy atom. The van der Waals surface area contributed by atoms with E-state index >= 15 is 0 Å². The summed E-state index contributed by atoms with van der Waals surface area (Å²) in [6.45, 7) is 7.49. The number of aromatic hydroxyl groups is 1. The molecule has 0 unspecified atom stereocenters. The zero-order valence-electron chi connectivity index (χ0n) is 22.0. The Hall–Kier alpha value is -2.52. The summed E-state index contributed by atoms with van der Waals surface area (Å²) in [5.74, 6) is -1.89. The number of aromatic nitrogens is 2. The standard InChI is InChI=1S/C28H36N4O4.2ClH/c1-3-22-25(29-27(34)24(26(22)33)28(35)36)18-7-8-23-19(15-18)16-21(30(23)2)17-31-13-9-20(10-14-31)32-11-5-4-6-12-32;;/h7-8,15-16,20H,3-6,9-14,17H2,1-2H3,(H,35,36)(H2,29,33,34);2*1H. The number of H-pyrrole nitrogens is 1. The van der Waals surface area contributed by atoms with Crippen LogP contribution >= 0.6 is 24.8 Å². The van der Waals surface area contributed by atoms with E-state index in [2.05, 4.69) is 32.5 Å². The number of carboxylic acids is 1. The van der Waals surface area contributed by atoms with Crippen LogP contribution in [0.15, 0.2) is 29.1 Å². The smallest absolute Gasteiger partial charge is 0.345 e. The lowest BCUT2D eigenvalue weighted by atomic mass is 9.99. The van der Waals surface area contributed by atoms with E-state index < -0.39 is 22.8 Å². The van der Waals surface area contributed by atoms with Crippen molar-refractivity contribution in [3.63, 3.8) is 0 Å². The Bertz CT molecular complexity index is 1340. The van der Waals surface area contributed by atoms with Crippen molar-refractivity contribution in [1.82, 2.24) is 19.4 Å². The van der Waals surface area contributed by atoms with Crippen LogP contribution in [0.25, 0.3) is 22.2 Å². The molecule has 1 aromatic carbocycles. The number of carbonyl (C=O) groups is 1.